The Morgan fingerprint density at radius 1 is 1.06 bits per heavy atom. The van der Waals surface area contributed by atoms with Gasteiger partial charge in [-0.3, -0.25) is 4.68 Å². The van der Waals surface area contributed by atoms with Crippen molar-refractivity contribution >= 4 is 5.65 Å². The van der Waals surface area contributed by atoms with Gasteiger partial charge < -0.3 is 4.40 Å². The summed E-state index contributed by atoms with van der Waals surface area (Å²) in [7, 11) is 0. The van der Waals surface area contributed by atoms with E-state index in [9.17, 15) is 10.5 Å². The zero-order chi connectivity index (χ0) is 21.4. The zero-order valence-electron chi connectivity index (χ0n) is 17.3. The Labute approximate surface area is 180 Å². The predicted octanol–water partition coefficient (Wildman–Crippen LogP) is 4.58. The summed E-state index contributed by atoms with van der Waals surface area (Å²) in [4.78, 5) is 8.94. The molecule has 0 aliphatic heterocycles. The molecule has 0 radical (unpaired) electrons. The summed E-state index contributed by atoms with van der Waals surface area (Å²) >= 11 is 0. The third-order valence-corrected chi connectivity index (χ3v) is 6.26. The first-order valence-corrected chi connectivity index (χ1v) is 10.4. The number of imidazole rings is 1. The summed E-state index contributed by atoms with van der Waals surface area (Å²) in [5.74, 6) is 0. The number of hydrogen-bond donors (Lipinski definition) is 0. The third kappa shape index (κ3) is 3.35. The Kier molecular flexibility index (Phi) is 4.52. The number of nitriles is 2. The molecule has 7 heteroatoms. The zero-order valence-corrected chi connectivity index (χ0v) is 17.3. The maximum Gasteiger partial charge on any atom is 0.146 e. The highest BCUT2D eigenvalue weighted by atomic mass is 15.3. The molecule has 5 rings (SSSR count). The van der Waals surface area contributed by atoms with Crippen LogP contribution in [0.25, 0.3) is 28.0 Å². The fraction of sp³-hybridized carbons (Fsp3) is 0.292. The summed E-state index contributed by atoms with van der Waals surface area (Å²) in [6.45, 7) is 3.01. The Hall–Kier alpha value is -3.97. The maximum atomic E-state index is 9.99. The van der Waals surface area contributed by atoms with Crippen molar-refractivity contribution < 1.29 is 0 Å². The van der Waals surface area contributed by atoms with E-state index in [0.717, 1.165) is 41.7 Å². The molecule has 0 amide bonds. The minimum atomic E-state index is 0.173. The Morgan fingerprint density at radius 2 is 1.90 bits per heavy atom. The van der Waals surface area contributed by atoms with Crippen LogP contribution in [0.3, 0.4) is 0 Å². The van der Waals surface area contributed by atoms with E-state index in [2.05, 4.69) is 34.1 Å². The van der Waals surface area contributed by atoms with Gasteiger partial charge in [0.1, 0.15) is 29.2 Å². The molecule has 0 bridgehead atoms. The van der Waals surface area contributed by atoms with Gasteiger partial charge in [0.05, 0.1) is 11.9 Å². The van der Waals surface area contributed by atoms with E-state index < -0.39 is 0 Å². The number of fused-ring (bicyclic) bond motifs is 1. The molecule has 0 spiro atoms. The van der Waals surface area contributed by atoms with Gasteiger partial charge in [-0.05, 0) is 42.5 Å². The quantitative estimate of drug-likeness (QED) is 0.493. The topological polar surface area (TPSA) is 95.6 Å². The first-order chi connectivity index (χ1) is 15.1. The van der Waals surface area contributed by atoms with E-state index in [4.69, 9.17) is 0 Å². The van der Waals surface area contributed by atoms with Crippen LogP contribution in [-0.4, -0.2) is 24.1 Å². The predicted molar refractivity (Wildman–Crippen MR) is 116 cm³/mol. The van der Waals surface area contributed by atoms with Crippen LogP contribution >= 0.6 is 0 Å². The van der Waals surface area contributed by atoms with Crippen LogP contribution in [0.2, 0.25) is 0 Å². The summed E-state index contributed by atoms with van der Waals surface area (Å²) in [6.07, 6.45) is 12.0. The van der Waals surface area contributed by atoms with Crippen molar-refractivity contribution in [3.8, 4) is 34.5 Å². The molecule has 0 N–H and O–H groups in total. The van der Waals surface area contributed by atoms with Gasteiger partial charge in [-0.25, -0.2) is 9.97 Å². The molecule has 4 aromatic rings. The van der Waals surface area contributed by atoms with Crippen LogP contribution in [0.5, 0.6) is 0 Å². The molecule has 1 saturated carbocycles. The van der Waals surface area contributed by atoms with Crippen LogP contribution in [0.1, 0.15) is 44.0 Å². The first kappa shape index (κ1) is 19.0. The molecule has 0 saturated heterocycles. The summed E-state index contributed by atoms with van der Waals surface area (Å²) in [6, 6.07) is 11.9. The SMILES string of the molecule is CC1(Cn2ncc(-c3ccc(C#N)nc3-c3ccn4ccnc4c3)c2C#N)CCCC1. The van der Waals surface area contributed by atoms with Crippen molar-refractivity contribution in [2.45, 2.75) is 39.2 Å². The van der Waals surface area contributed by atoms with Gasteiger partial charge in [-0.2, -0.15) is 15.6 Å². The molecular formula is C24H21N7. The van der Waals surface area contributed by atoms with Gasteiger partial charge in [0.15, 0.2) is 0 Å². The maximum absolute atomic E-state index is 9.99. The third-order valence-electron chi connectivity index (χ3n) is 6.26. The molecule has 0 unspecified atom stereocenters. The number of rotatable bonds is 4. The van der Waals surface area contributed by atoms with Crippen LogP contribution in [0.15, 0.2) is 49.1 Å². The van der Waals surface area contributed by atoms with Gasteiger partial charge >= 0.3 is 0 Å². The van der Waals surface area contributed by atoms with Gasteiger partial charge in [0.25, 0.3) is 0 Å². The van der Waals surface area contributed by atoms with Gasteiger partial charge in [0.2, 0.25) is 0 Å². The Balaban J connectivity index is 1.64. The highest BCUT2D eigenvalue weighted by Crippen LogP contribution is 2.40. The molecule has 31 heavy (non-hydrogen) atoms. The normalized spacial score (nSPS) is 15.1. The van der Waals surface area contributed by atoms with Gasteiger partial charge in [-0.15, -0.1) is 0 Å². The molecule has 1 fully saturated rings. The fourth-order valence-electron chi connectivity index (χ4n) is 4.58. The van der Waals surface area contributed by atoms with Crippen molar-refractivity contribution in [3.63, 3.8) is 0 Å². The fourth-order valence-corrected chi connectivity index (χ4v) is 4.58. The second-order valence-electron chi connectivity index (χ2n) is 8.51. The van der Waals surface area contributed by atoms with Crippen LogP contribution in [0, 0.1) is 28.1 Å². The monoisotopic (exact) mass is 407 g/mol. The van der Waals surface area contributed by atoms with E-state index in [1.54, 1.807) is 18.5 Å². The van der Waals surface area contributed by atoms with Crippen molar-refractivity contribution in [3.05, 3.63) is 60.4 Å². The molecule has 1 aliphatic rings. The van der Waals surface area contributed by atoms with Crippen molar-refractivity contribution in [1.82, 2.24) is 24.1 Å². The molecule has 4 aromatic heterocycles. The Morgan fingerprint density at radius 3 is 2.68 bits per heavy atom. The average molecular weight is 407 g/mol. The smallest absolute Gasteiger partial charge is 0.146 e. The van der Waals surface area contributed by atoms with Gasteiger partial charge in [-0.1, -0.05) is 19.8 Å². The van der Waals surface area contributed by atoms with Crippen LogP contribution in [0.4, 0.5) is 0 Å². The molecule has 7 nitrogen and oxygen atoms in total. The first-order valence-electron chi connectivity index (χ1n) is 10.4. The van der Waals surface area contributed by atoms with E-state index >= 15 is 0 Å². The number of nitrogens with zero attached hydrogens (tertiary/aromatic N) is 7. The summed E-state index contributed by atoms with van der Waals surface area (Å²) in [5.41, 5.74) is 4.82. The molecular weight excluding hydrogens is 386 g/mol. The van der Waals surface area contributed by atoms with Crippen molar-refractivity contribution in [2.75, 3.05) is 0 Å². The largest absolute Gasteiger partial charge is 0.307 e. The standard InChI is InChI=1S/C24H21N7/c1-24(7-2-3-8-24)16-31-21(14-26)20(15-28-31)19-5-4-18(13-25)29-23(19)17-6-10-30-11-9-27-22(30)12-17/h4-6,9-12,15H,2-3,7-8,16H2,1H3. The molecule has 152 valence electrons. The highest BCUT2D eigenvalue weighted by molar-refractivity contribution is 5.84. The second kappa shape index (κ2) is 7.37. The number of aromatic nitrogens is 5. The van der Waals surface area contributed by atoms with Crippen molar-refractivity contribution in [1.29, 1.82) is 10.5 Å². The van der Waals surface area contributed by atoms with Crippen LogP contribution < -0.4 is 0 Å². The minimum absolute atomic E-state index is 0.173. The minimum Gasteiger partial charge on any atom is -0.307 e. The average Bonchev–Trinajstić information content (AvgIpc) is 3.52. The number of pyridine rings is 2. The van der Waals surface area contributed by atoms with E-state index in [1.165, 1.54) is 12.8 Å². The Bertz CT molecular complexity index is 1360. The molecule has 1 aliphatic carbocycles. The number of hydrogen-bond acceptors (Lipinski definition) is 5. The lowest BCUT2D eigenvalue weighted by Crippen LogP contribution is -2.21. The molecule has 4 heterocycles. The lowest BCUT2D eigenvalue weighted by molar-refractivity contribution is 0.267. The molecule has 0 aromatic carbocycles. The van der Waals surface area contributed by atoms with E-state index in [-0.39, 0.29) is 5.41 Å². The lowest BCUT2D eigenvalue weighted by atomic mass is 9.89. The van der Waals surface area contributed by atoms with Crippen LogP contribution in [-0.2, 0) is 6.54 Å². The second-order valence-corrected chi connectivity index (χ2v) is 8.51. The summed E-state index contributed by atoms with van der Waals surface area (Å²) in [5, 5.41) is 24.0. The molecule has 0 atom stereocenters. The van der Waals surface area contributed by atoms with Crippen molar-refractivity contribution in [2.24, 2.45) is 5.41 Å². The van der Waals surface area contributed by atoms with E-state index in [0.29, 0.717) is 17.1 Å². The summed E-state index contributed by atoms with van der Waals surface area (Å²) < 4.78 is 3.75. The lowest BCUT2D eigenvalue weighted by Gasteiger charge is -2.23. The van der Waals surface area contributed by atoms with E-state index in [1.807, 2.05) is 39.7 Å². The van der Waals surface area contributed by atoms with Gasteiger partial charge in [0, 0.05) is 41.8 Å². The highest BCUT2D eigenvalue weighted by Gasteiger charge is 2.31.